The normalized spacial score (nSPS) is 14.6. The smallest absolute Gasteiger partial charge is 0.287 e. The van der Waals surface area contributed by atoms with Crippen molar-refractivity contribution in [2.75, 3.05) is 26.2 Å². The average Bonchev–Trinajstić information content (AvgIpc) is 3.05. The lowest BCUT2D eigenvalue weighted by atomic mass is 10.1. The van der Waals surface area contributed by atoms with E-state index in [9.17, 15) is 14.4 Å². The van der Waals surface area contributed by atoms with E-state index in [-0.39, 0.29) is 24.8 Å². The van der Waals surface area contributed by atoms with Crippen molar-refractivity contribution in [1.82, 2.24) is 15.5 Å². The zero-order valence-electron chi connectivity index (χ0n) is 11.8. The molecule has 0 unspecified atom stereocenters. The van der Waals surface area contributed by atoms with Crippen LogP contribution in [0, 0.1) is 0 Å². The first-order valence-corrected chi connectivity index (χ1v) is 7.03. The van der Waals surface area contributed by atoms with Crippen LogP contribution in [0.2, 0.25) is 0 Å². The molecule has 2 rings (SSSR count). The molecule has 2 N–H and O–H groups in total. The highest BCUT2D eigenvalue weighted by atomic mass is 16.3. The Balaban J connectivity index is 1.65. The van der Waals surface area contributed by atoms with Crippen molar-refractivity contribution >= 4 is 17.7 Å². The molecule has 1 aliphatic rings. The molecule has 2 heterocycles. The van der Waals surface area contributed by atoms with E-state index >= 15 is 0 Å². The third-order valence-electron chi connectivity index (χ3n) is 3.30. The molecule has 114 valence electrons. The fraction of sp³-hybridized carbons (Fsp3) is 0.500. The number of rotatable bonds is 5. The summed E-state index contributed by atoms with van der Waals surface area (Å²) in [6.07, 6.45) is 4.55. The van der Waals surface area contributed by atoms with Crippen molar-refractivity contribution in [1.29, 1.82) is 0 Å². The summed E-state index contributed by atoms with van der Waals surface area (Å²) >= 11 is 0. The number of carbonyl (C=O) groups excluding carboxylic acids is 3. The van der Waals surface area contributed by atoms with Gasteiger partial charge in [-0.25, -0.2) is 0 Å². The lowest BCUT2D eigenvalue weighted by Gasteiger charge is -2.26. The third-order valence-corrected chi connectivity index (χ3v) is 3.30. The zero-order valence-corrected chi connectivity index (χ0v) is 11.8. The Morgan fingerprint density at radius 1 is 1.10 bits per heavy atom. The van der Waals surface area contributed by atoms with Crippen LogP contribution in [-0.4, -0.2) is 48.8 Å². The molecule has 21 heavy (non-hydrogen) atoms. The molecule has 7 nitrogen and oxygen atoms in total. The summed E-state index contributed by atoms with van der Waals surface area (Å²) in [5.74, 6) is -0.801. The molecule has 0 bridgehead atoms. The maximum absolute atomic E-state index is 11.8. The number of nitrogens with zero attached hydrogens (tertiary/aromatic N) is 1. The molecule has 3 amide bonds. The minimum absolute atomic E-state index is 0.0323. The van der Waals surface area contributed by atoms with Crippen LogP contribution < -0.4 is 10.6 Å². The number of hydrogen-bond acceptors (Lipinski definition) is 4. The lowest BCUT2D eigenvalue weighted by molar-refractivity contribution is -0.133. The van der Waals surface area contributed by atoms with E-state index in [0.717, 1.165) is 32.4 Å². The van der Waals surface area contributed by atoms with Gasteiger partial charge in [0.15, 0.2) is 5.76 Å². The zero-order chi connectivity index (χ0) is 15.1. The number of likely N-dealkylation sites (tertiary alicyclic amines) is 1. The van der Waals surface area contributed by atoms with E-state index in [1.165, 1.54) is 12.3 Å². The lowest BCUT2D eigenvalue weighted by Crippen LogP contribution is -2.45. The summed E-state index contributed by atoms with van der Waals surface area (Å²) in [6.45, 7) is 1.29. The predicted molar refractivity (Wildman–Crippen MR) is 74.5 cm³/mol. The summed E-state index contributed by atoms with van der Waals surface area (Å²) in [5, 5.41) is 4.92. The van der Waals surface area contributed by atoms with Gasteiger partial charge in [0.1, 0.15) is 0 Å². The summed E-state index contributed by atoms with van der Waals surface area (Å²) < 4.78 is 4.90. The van der Waals surface area contributed by atoms with Gasteiger partial charge in [0.2, 0.25) is 11.8 Å². The molecular weight excluding hydrogens is 274 g/mol. The van der Waals surface area contributed by atoms with Crippen LogP contribution in [0.25, 0.3) is 0 Å². The van der Waals surface area contributed by atoms with Gasteiger partial charge in [0.25, 0.3) is 5.91 Å². The van der Waals surface area contributed by atoms with Crippen molar-refractivity contribution in [2.45, 2.75) is 19.3 Å². The molecule has 0 aliphatic carbocycles. The molecule has 1 aromatic rings. The number of furan rings is 1. The van der Waals surface area contributed by atoms with E-state index in [4.69, 9.17) is 4.42 Å². The van der Waals surface area contributed by atoms with E-state index in [1.807, 2.05) is 0 Å². The molecule has 1 aliphatic heterocycles. The molecule has 0 atom stereocenters. The highest BCUT2D eigenvalue weighted by molar-refractivity contribution is 5.94. The van der Waals surface area contributed by atoms with Crippen LogP contribution in [-0.2, 0) is 9.59 Å². The maximum atomic E-state index is 11.8. The summed E-state index contributed by atoms with van der Waals surface area (Å²) in [7, 11) is 0. The van der Waals surface area contributed by atoms with E-state index < -0.39 is 11.8 Å². The van der Waals surface area contributed by atoms with Crippen LogP contribution in [0.4, 0.5) is 0 Å². The molecule has 7 heteroatoms. The summed E-state index contributed by atoms with van der Waals surface area (Å²) in [6, 6.07) is 3.10. The molecular formula is C14H19N3O4. The Kier molecular flexibility index (Phi) is 5.36. The molecule has 0 saturated carbocycles. The van der Waals surface area contributed by atoms with Gasteiger partial charge in [-0.05, 0) is 31.4 Å². The van der Waals surface area contributed by atoms with E-state index in [0.29, 0.717) is 0 Å². The van der Waals surface area contributed by atoms with Gasteiger partial charge in [-0.15, -0.1) is 0 Å². The molecule has 0 spiro atoms. The number of amides is 3. The van der Waals surface area contributed by atoms with Crippen LogP contribution in [0.3, 0.4) is 0 Å². The standard InChI is InChI=1S/C14H19N3O4/c18-12(9-16-14(20)11-5-4-8-21-11)15-10-13(19)17-6-2-1-3-7-17/h4-5,8H,1-3,6-7,9-10H2,(H,15,18)(H,16,20). The maximum Gasteiger partial charge on any atom is 0.287 e. The fourth-order valence-electron chi connectivity index (χ4n) is 2.15. The van der Waals surface area contributed by atoms with Gasteiger partial charge in [0, 0.05) is 13.1 Å². The van der Waals surface area contributed by atoms with Crippen LogP contribution in [0.15, 0.2) is 22.8 Å². The van der Waals surface area contributed by atoms with Crippen molar-refractivity contribution in [2.24, 2.45) is 0 Å². The van der Waals surface area contributed by atoms with Crippen LogP contribution in [0.1, 0.15) is 29.8 Å². The predicted octanol–water partition coefficient (Wildman–Crippen LogP) is 0.138. The Morgan fingerprint density at radius 2 is 1.86 bits per heavy atom. The van der Waals surface area contributed by atoms with Crippen molar-refractivity contribution in [3.05, 3.63) is 24.2 Å². The summed E-state index contributed by atoms with van der Waals surface area (Å²) in [5.41, 5.74) is 0. The fourth-order valence-corrected chi connectivity index (χ4v) is 2.15. The van der Waals surface area contributed by atoms with E-state index in [1.54, 1.807) is 11.0 Å². The molecule has 1 aromatic heterocycles. The van der Waals surface area contributed by atoms with Crippen LogP contribution >= 0.6 is 0 Å². The second-order valence-electron chi connectivity index (χ2n) is 4.88. The Hall–Kier alpha value is -2.31. The first-order chi connectivity index (χ1) is 10.2. The SMILES string of the molecule is O=C(CNC(=O)c1ccco1)NCC(=O)N1CCCCC1. The number of piperidine rings is 1. The summed E-state index contributed by atoms with van der Waals surface area (Å²) in [4.78, 5) is 36.7. The van der Waals surface area contributed by atoms with E-state index in [2.05, 4.69) is 10.6 Å². The molecule has 1 fully saturated rings. The Bertz CT molecular complexity index is 492. The van der Waals surface area contributed by atoms with Crippen LogP contribution in [0.5, 0.6) is 0 Å². The quantitative estimate of drug-likeness (QED) is 0.807. The third kappa shape index (κ3) is 4.62. The monoisotopic (exact) mass is 293 g/mol. The average molecular weight is 293 g/mol. The van der Waals surface area contributed by atoms with Crippen molar-refractivity contribution in [3.8, 4) is 0 Å². The minimum atomic E-state index is -0.461. The first-order valence-electron chi connectivity index (χ1n) is 7.03. The molecule has 0 radical (unpaired) electrons. The second-order valence-corrected chi connectivity index (χ2v) is 4.88. The highest BCUT2D eigenvalue weighted by Crippen LogP contribution is 2.08. The largest absolute Gasteiger partial charge is 0.459 e. The second kappa shape index (κ2) is 7.47. The number of nitrogens with one attached hydrogen (secondary N) is 2. The van der Waals surface area contributed by atoms with Crippen molar-refractivity contribution < 1.29 is 18.8 Å². The van der Waals surface area contributed by atoms with Gasteiger partial charge < -0.3 is 20.0 Å². The van der Waals surface area contributed by atoms with Gasteiger partial charge in [-0.2, -0.15) is 0 Å². The topological polar surface area (TPSA) is 91.6 Å². The van der Waals surface area contributed by atoms with Gasteiger partial charge in [-0.3, -0.25) is 14.4 Å². The van der Waals surface area contributed by atoms with Gasteiger partial charge in [-0.1, -0.05) is 0 Å². The Labute approximate surface area is 122 Å². The molecule has 1 saturated heterocycles. The highest BCUT2D eigenvalue weighted by Gasteiger charge is 2.17. The molecule has 0 aromatic carbocycles. The Morgan fingerprint density at radius 3 is 2.52 bits per heavy atom. The minimum Gasteiger partial charge on any atom is -0.459 e. The van der Waals surface area contributed by atoms with Gasteiger partial charge >= 0.3 is 0 Å². The van der Waals surface area contributed by atoms with Crippen molar-refractivity contribution in [3.63, 3.8) is 0 Å². The number of carbonyl (C=O) groups is 3. The number of hydrogen-bond donors (Lipinski definition) is 2. The first kappa shape index (κ1) is 15.1. The van der Waals surface area contributed by atoms with Gasteiger partial charge in [0.05, 0.1) is 19.4 Å².